The summed E-state index contributed by atoms with van der Waals surface area (Å²) in [6.45, 7) is 11.5. The predicted molar refractivity (Wildman–Crippen MR) is 62.5 cm³/mol. The van der Waals surface area contributed by atoms with E-state index in [0.29, 0.717) is 12.1 Å². The van der Waals surface area contributed by atoms with Gasteiger partial charge in [-0.1, -0.05) is 27.7 Å². The van der Waals surface area contributed by atoms with E-state index < -0.39 is 0 Å². The fourth-order valence-electron chi connectivity index (χ4n) is 1.98. The zero-order chi connectivity index (χ0) is 10.6. The first-order valence-corrected chi connectivity index (χ1v) is 6.06. The molecule has 1 heterocycles. The van der Waals surface area contributed by atoms with Crippen LogP contribution >= 0.6 is 0 Å². The van der Waals surface area contributed by atoms with Gasteiger partial charge in [-0.15, -0.1) is 0 Å². The van der Waals surface area contributed by atoms with Crippen molar-refractivity contribution in [1.29, 1.82) is 0 Å². The largest absolute Gasteiger partial charge is 0.314 e. The summed E-state index contributed by atoms with van der Waals surface area (Å²) >= 11 is 0. The highest BCUT2D eigenvalue weighted by atomic mass is 15.1. The zero-order valence-electron chi connectivity index (χ0n) is 10.1. The van der Waals surface area contributed by atoms with E-state index in [0.717, 1.165) is 24.9 Å². The molecule has 1 saturated heterocycles. The molecule has 2 nitrogen and oxygen atoms in total. The molecule has 0 saturated carbocycles. The molecular weight excluding hydrogens is 172 g/mol. The van der Waals surface area contributed by atoms with Gasteiger partial charge < -0.3 is 10.6 Å². The lowest BCUT2D eigenvalue weighted by molar-refractivity contribution is 0.268. The molecule has 2 unspecified atom stereocenters. The minimum atomic E-state index is 0.668. The smallest absolute Gasteiger partial charge is 0.0218 e. The van der Waals surface area contributed by atoms with E-state index in [1.54, 1.807) is 0 Å². The number of rotatable bonds is 4. The molecule has 14 heavy (non-hydrogen) atoms. The predicted octanol–water partition coefficient (Wildman–Crippen LogP) is 2.01. The Labute approximate surface area is 88.8 Å². The van der Waals surface area contributed by atoms with Crippen LogP contribution in [-0.2, 0) is 0 Å². The third kappa shape index (κ3) is 3.97. The molecule has 0 aliphatic carbocycles. The Morgan fingerprint density at radius 1 is 1.14 bits per heavy atom. The van der Waals surface area contributed by atoms with Crippen molar-refractivity contribution in [3.8, 4) is 0 Å². The van der Waals surface area contributed by atoms with Crippen LogP contribution < -0.4 is 10.6 Å². The van der Waals surface area contributed by atoms with Gasteiger partial charge in [0, 0.05) is 25.2 Å². The maximum atomic E-state index is 3.75. The van der Waals surface area contributed by atoms with Gasteiger partial charge in [0.2, 0.25) is 0 Å². The monoisotopic (exact) mass is 198 g/mol. The molecule has 0 bridgehead atoms. The first kappa shape index (κ1) is 12.0. The third-order valence-electron chi connectivity index (χ3n) is 3.10. The van der Waals surface area contributed by atoms with Crippen LogP contribution in [0, 0.1) is 11.8 Å². The van der Waals surface area contributed by atoms with Gasteiger partial charge in [-0.05, 0) is 24.7 Å². The van der Waals surface area contributed by atoms with Crippen molar-refractivity contribution in [3.05, 3.63) is 0 Å². The topological polar surface area (TPSA) is 24.1 Å². The van der Waals surface area contributed by atoms with Gasteiger partial charge in [0.25, 0.3) is 0 Å². The summed E-state index contributed by atoms with van der Waals surface area (Å²) in [5, 5.41) is 7.27. The minimum Gasteiger partial charge on any atom is -0.314 e. The molecule has 2 heteroatoms. The average Bonchev–Trinajstić information content (AvgIpc) is 2.15. The Morgan fingerprint density at radius 2 is 1.86 bits per heavy atom. The molecule has 84 valence electrons. The lowest BCUT2D eigenvalue weighted by Gasteiger charge is -2.34. The summed E-state index contributed by atoms with van der Waals surface area (Å²) in [6.07, 6.45) is 2.65. The van der Waals surface area contributed by atoms with E-state index in [1.807, 2.05) is 0 Å². The molecule has 1 fully saturated rings. The summed E-state index contributed by atoms with van der Waals surface area (Å²) in [5.41, 5.74) is 0. The molecule has 0 aromatic rings. The number of nitrogens with one attached hydrogen (secondary N) is 2. The summed E-state index contributed by atoms with van der Waals surface area (Å²) in [5.74, 6) is 1.57. The van der Waals surface area contributed by atoms with Gasteiger partial charge in [0.05, 0.1) is 0 Å². The van der Waals surface area contributed by atoms with Crippen LogP contribution in [-0.4, -0.2) is 25.2 Å². The van der Waals surface area contributed by atoms with Crippen molar-refractivity contribution in [2.24, 2.45) is 11.8 Å². The minimum absolute atomic E-state index is 0.668. The lowest BCUT2D eigenvalue weighted by atomic mass is 9.97. The van der Waals surface area contributed by atoms with Crippen LogP contribution in [0.5, 0.6) is 0 Å². The fourth-order valence-corrected chi connectivity index (χ4v) is 1.98. The van der Waals surface area contributed by atoms with Gasteiger partial charge in [-0.2, -0.15) is 0 Å². The van der Waals surface area contributed by atoms with E-state index in [1.165, 1.54) is 12.8 Å². The van der Waals surface area contributed by atoms with Crippen molar-refractivity contribution in [2.75, 3.05) is 13.1 Å². The molecule has 0 amide bonds. The Kier molecular flexibility index (Phi) is 4.90. The van der Waals surface area contributed by atoms with Crippen molar-refractivity contribution < 1.29 is 0 Å². The second-order valence-electron chi connectivity index (χ2n) is 5.34. The van der Waals surface area contributed by atoms with E-state index in [9.17, 15) is 0 Å². The quantitative estimate of drug-likeness (QED) is 0.722. The van der Waals surface area contributed by atoms with E-state index in [2.05, 4.69) is 38.3 Å². The Bertz CT molecular complexity index is 154. The number of hydrogen-bond acceptors (Lipinski definition) is 2. The zero-order valence-corrected chi connectivity index (χ0v) is 10.1. The van der Waals surface area contributed by atoms with Crippen LogP contribution in [0.2, 0.25) is 0 Å². The van der Waals surface area contributed by atoms with Crippen molar-refractivity contribution >= 4 is 0 Å². The lowest BCUT2D eigenvalue weighted by Crippen LogP contribution is -2.56. The van der Waals surface area contributed by atoms with Crippen molar-refractivity contribution in [2.45, 2.75) is 52.6 Å². The molecule has 0 aromatic carbocycles. The summed E-state index contributed by atoms with van der Waals surface area (Å²) in [4.78, 5) is 0. The van der Waals surface area contributed by atoms with Crippen molar-refractivity contribution in [1.82, 2.24) is 10.6 Å². The van der Waals surface area contributed by atoms with Gasteiger partial charge in [0.15, 0.2) is 0 Å². The van der Waals surface area contributed by atoms with E-state index in [4.69, 9.17) is 0 Å². The molecule has 2 atom stereocenters. The second-order valence-corrected chi connectivity index (χ2v) is 5.34. The van der Waals surface area contributed by atoms with Crippen LogP contribution in [0.3, 0.4) is 0 Å². The molecule has 2 N–H and O–H groups in total. The highest BCUT2D eigenvalue weighted by molar-refractivity contribution is 4.85. The Balaban J connectivity index is 2.25. The normalized spacial score (nSPS) is 28.7. The molecule has 0 aromatic heterocycles. The van der Waals surface area contributed by atoms with Gasteiger partial charge in [0.1, 0.15) is 0 Å². The van der Waals surface area contributed by atoms with Gasteiger partial charge in [-0.3, -0.25) is 0 Å². The Hall–Kier alpha value is -0.0800. The standard InChI is InChI=1S/C12H26N2/c1-9(2)5-6-11-7-13-8-12(14-11)10(3)4/h9-14H,5-8H2,1-4H3. The fraction of sp³-hybridized carbons (Fsp3) is 1.00. The molecule has 0 spiro atoms. The Morgan fingerprint density at radius 3 is 2.43 bits per heavy atom. The van der Waals surface area contributed by atoms with Crippen LogP contribution in [0.25, 0.3) is 0 Å². The number of hydrogen-bond donors (Lipinski definition) is 2. The maximum Gasteiger partial charge on any atom is 0.0218 e. The first-order valence-electron chi connectivity index (χ1n) is 6.06. The van der Waals surface area contributed by atoms with Gasteiger partial charge in [-0.25, -0.2) is 0 Å². The van der Waals surface area contributed by atoms with Crippen LogP contribution in [0.15, 0.2) is 0 Å². The van der Waals surface area contributed by atoms with Crippen LogP contribution in [0.1, 0.15) is 40.5 Å². The average molecular weight is 198 g/mol. The SMILES string of the molecule is CC(C)CCC1CNCC(C(C)C)N1. The highest BCUT2D eigenvalue weighted by Gasteiger charge is 2.22. The van der Waals surface area contributed by atoms with Crippen LogP contribution in [0.4, 0.5) is 0 Å². The summed E-state index contributed by atoms with van der Waals surface area (Å²) in [7, 11) is 0. The number of piperazine rings is 1. The van der Waals surface area contributed by atoms with E-state index >= 15 is 0 Å². The molecule has 1 aliphatic rings. The summed E-state index contributed by atoms with van der Waals surface area (Å²) < 4.78 is 0. The third-order valence-corrected chi connectivity index (χ3v) is 3.10. The molecular formula is C12H26N2. The molecule has 1 aliphatic heterocycles. The van der Waals surface area contributed by atoms with Gasteiger partial charge >= 0.3 is 0 Å². The summed E-state index contributed by atoms with van der Waals surface area (Å²) in [6, 6.07) is 1.36. The molecule has 1 rings (SSSR count). The van der Waals surface area contributed by atoms with E-state index in [-0.39, 0.29) is 0 Å². The maximum absolute atomic E-state index is 3.75. The highest BCUT2D eigenvalue weighted by Crippen LogP contribution is 2.11. The second kappa shape index (κ2) is 5.72. The molecule has 0 radical (unpaired) electrons. The first-order chi connectivity index (χ1) is 6.59. The van der Waals surface area contributed by atoms with Crippen molar-refractivity contribution in [3.63, 3.8) is 0 Å².